The van der Waals surface area contributed by atoms with Gasteiger partial charge < -0.3 is 5.11 Å². The Kier molecular flexibility index (Phi) is 1.71. The summed E-state index contributed by atoms with van der Waals surface area (Å²) in [4.78, 5) is 9.58. The molecule has 0 saturated heterocycles. The molecule has 4 heteroatoms. The van der Waals surface area contributed by atoms with Crippen LogP contribution in [0.4, 0.5) is 0 Å². The van der Waals surface area contributed by atoms with Gasteiger partial charge in [0.05, 0.1) is 4.92 Å². The number of hydrogen-bond acceptors (Lipinski definition) is 3. The fourth-order valence-electron chi connectivity index (χ4n) is 0.824. The fraction of sp³-hybridized carbons (Fsp3) is 0.333. The Morgan fingerprint density at radius 3 is 2.80 bits per heavy atom. The van der Waals surface area contributed by atoms with Crippen LogP contribution in [0.3, 0.4) is 0 Å². The van der Waals surface area contributed by atoms with Gasteiger partial charge in [0.1, 0.15) is 0 Å². The first-order valence-electron chi connectivity index (χ1n) is 2.95. The van der Waals surface area contributed by atoms with E-state index >= 15 is 0 Å². The number of rotatable bonds is 1. The van der Waals surface area contributed by atoms with Crippen LogP contribution in [0.15, 0.2) is 23.6 Å². The quantitative estimate of drug-likeness (QED) is 0.443. The van der Waals surface area contributed by atoms with Crippen molar-refractivity contribution in [1.82, 2.24) is 0 Å². The highest BCUT2D eigenvalue weighted by Crippen LogP contribution is 2.16. The predicted molar refractivity (Wildman–Crippen MR) is 35.0 cm³/mol. The van der Waals surface area contributed by atoms with Crippen molar-refractivity contribution in [3.63, 3.8) is 0 Å². The summed E-state index contributed by atoms with van der Waals surface area (Å²) in [6.45, 7) is 0. The molecule has 0 amide bonds. The number of aliphatic hydroxyl groups is 1. The minimum Gasteiger partial charge on any atom is -0.502 e. The van der Waals surface area contributed by atoms with Crippen molar-refractivity contribution < 1.29 is 10.0 Å². The molecule has 4 nitrogen and oxygen atoms in total. The highest BCUT2D eigenvalue weighted by molar-refractivity contribution is 5.18. The highest BCUT2D eigenvalue weighted by Gasteiger charge is 2.17. The molecule has 0 aromatic carbocycles. The van der Waals surface area contributed by atoms with Gasteiger partial charge in [-0.15, -0.1) is 0 Å². The zero-order valence-corrected chi connectivity index (χ0v) is 5.28. The van der Waals surface area contributed by atoms with Crippen molar-refractivity contribution in [2.75, 3.05) is 0 Å². The molecule has 10 heavy (non-hydrogen) atoms. The van der Waals surface area contributed by atoms with E-state index in [1.807, 2.05) is 0 Å². The molecule has 0 aromatic heterocycles. The Bertz CT molecular complexity index is 217. The number of hydrogen-bond donors (Lipinski definition) is 1. The number of nitrogens with zero attached hydrogens (tertiary/aromatic N) is 1. The minimum atomic E-state index is -0.543. The summed E-state index contributed by atoms with van der Waals surface area (Å²) >= 11 is 0. The van der Waals surface area contributed by atoms with Crippen molar-refractivity contribution in [2.24, 2.45) is 0 Å². The van der Waals surface area contributed by atoms with E-state index < -0.39 is 4.92 Å². The number of nitro groups is 1. The first-order valence-corrected chi connectivity index (χ1v) is 2.95. The van der Waals surface area contributed by atoms with Crippen LogP contribution in [0.1, 0.15) is 12.8 Å². The van der Waals surface area contributed by atoms with Crippen LogP contribution in [0, 0.1) is 10.1 Å². The van der Waals surface area contributed by atoms with E-state index in [1.54, 1.807) is 6.08 Å². The summed E-state index contributed by atoms with van der Waals surface area (Å²) in [5, 5.41) is 19.0. The SMILES string of the molecule is O=[N+]([O-])C1=C(O)C=CCC1. The van der Waals surface area contributed by atoms with E-state index in [-0.39, 0.29) is 11.5 Å². The summed E-state index contributed by atoms with van der Waals surface area (Å²) in [5.74, 6) is -0.212. The molecule has 1 aliphatic carbocycles. The van der Waals surface area contributed by atoms with Gasteiger partial charge in [0.15, 0.2) is 5.76 Å². The van der Waals surface area contributed by atoms with Gasteiger partial charge in [-0.1, -0.05) is 6.08 Å². The average molecular weight is 141 g/mol. The maximum absolute atomic E-state index is 10.1. The van der Waals surface area contributed by atoms with Crippen LogP contribution in [0.5, 0.6) is 0 Å². The maximum atomic E-state index is 10.1. The van der Waals surface area contributed by atoms with E-state index in [2.05, 4.69) is 0 Å². The third-order valence-electron chi connectivity index (χ3n) is 1.34. The first kappa shape index (κ1) is 6.80. The first-order chi connectivity index (χ1) is 4.72. The molecule has 0 heterocycles. The Labute approximate surface area is 57.6 Å². The molecule has 1 aliphatic rings. The lowest BCUT2D eigenvalue weighted by molar-refractivity contribution is -0.430. The van der Waals surface area contributed by atoms with Crippen LogP contribution in [0.25, 0.3) is 0 Å². The maximum Gasteiger partial charge on any atom is 0.287 e. The standard InChI is InChI=1S/C6H7NO3/c8-6-4-2-1-3-5(6)7(9)10/h2,4,8H,1,3H2. The molecule has 0 atom stereocenters. The molecular weight excluding hydrogens is 134 g/mol. The highest BCUT2D eigenvalue weighted by atomic mass is 16.6. The second-order valence-electron chi connectivity index (χ2n) is 2.03. The van der Waals surface area contributed by atoms with Gasteiger partial charge in [-0.3, -0.25) is 10.1 Å². The molecule has 0 saturated carbocycles. The van der Waals surface area contributed by atoms with Crippen molar-refractivity contribution in [3.8, 4) is 0 Å². The van der Waals surface area contributed by atoms with Gasteiger partial charge in [-0.25, -0.2) is 0 Å². The van der Waals surface area contributed by atoms with Gasteiger partial charge in [-0.05, 0) is 12.5 Å². The second kappa shape index (κ2) is 2.51. The number of allylic oxidation sites excluding steroid dienone is 3. The molecule has 54 valence electrons. The van der Waals surface area contributed by atoms with Gasteiger partial charge >= 0.3 is 0 Å². The minimum absolute atomic E-state index is 0.0810. The molecule has 0 aromatic rings. The molecule has 1 rings (SSSR count). The fourth-order valence-corrected chi connectivity index (χ4v) is 0.824. The lowest BCUT2D eigenvalue weighted by Gasteiger charge is -2.01. The molecular formula is C6H7NO3. The van der Waals surface area contributed by atoms with Gasteiger partial charge in [-0.2, -0.15) is 0 Å². The summed E-state index contributed by atoms with van der Waals surface area (Å²) in [5.41, 5.74) is -0.0810. The van der Waals surface area contributed by atoms with Gasteiger partial charge in [0.2, 0.25) is 0 Å². The van der Waals surface area contributed by atoms with Gasteiger partial charge in [0.25, 0.3) is 5.70 Å². The molecule has 0 aliphatic heterocycles. The van der Waals surface area contributed by atoms with Crippen LogP contribution >= 0.6 is 0 Å². The Hall–Kier alpha value is -1.32. The van der Waals surface area contributed by atoms with E-state index in [0.717, 1.165) is 0 Å². The summed E-state index contributed by atoms with van der Waals surface area (Å²) in [6.07, 6.45) is 4.04. The van der Waals surface area contributed by atoms with E-state index in [9.17, 15) is 10.1 Å². The lowest BCUT2D eigenvalue weighted by atomic mass is 10.1. The van der Waals surface area contributed by atoms with Crippen molar-refractivity contribution in [1.29, 1.82) is 0 Å². The summed E-state index contributed by atoms with van der Waals surface area (Å²) in [7, 11) is 0. The van der Waals surface area contributed by atoms with Crippen LogP contribution in [-0.2, 0) is 0 Å². The van der Waals surface area contributed by atoms with Crippen LogP contribution in [0.2, 0.25) is 0 Å². The number of aliphatic hydroxyl groups excluding tert-OH is 1. The topological polar surface area (TPSA) is 63.4 Å². The Morgan fingerprint density at radius 2 is 2.40 bits per heavy atom. The molecule has 0 radical (unpaired) electrons. The van der Waals surface area contributed by atoms with E-state index in [4.69, 9.17) is 5.11 Å². The van der Waals surface area contributed by atoms with E-state index in [0.29, 0.717) is 12.8 Å². The monoisotopic (exact) mass is 141 g/mol. The lowest BCUT2D eigenvalue weighted by Crippen LogP contribution is -2.04. The second-order valence-corrected chi connectivity index (χ2v) is 2.03. The van der Waals surface area contributed by atoms with Gasteiger partial charge in [0, 0.05) is 6.42 Å². The molecule has 1 N–H and O–H groups in total. The summed E-state index contributed by atoms with van der Waals surface area (Å²) in [6, 6.07) is 0. The zero-order valence-electron chi connectivity index (χ0n) is 5.28. The largest absolute Gasteiger partial charge is 0.502 e. The molecule has 0 bridgehead atoms. The molecule has 0 spiro atoms. The smallest absolute Gasteiger partial charge is 0.287 e. The van der Waals surface area contributed by atoms with Crippen molar-refractivity contribution >= 4 is 0 Å². The normalized spacial score (nSPS) is 17.6. The Morgan fingerprint density at radius 1 is 1.70 bits per heavy atom. The van der Waals surface area contributed by atoms with E-state index in [1.165, 1.54) is 6.08 Å². The average Bonchev–Trinajstić information content (AvgIpc) is 1.88. The third kappa shape index (κ3) is 1.15. The Balaban J connectivity index is 2.89. The molecule has 0 unspecified atom stereocenters. The van der Waals surface area contributed by atoms with Crippen molar-refractivity contribution in [3.05, 3.63) is 33.7 Å². The predicted octanol–water partition coefficient (Wildman–Crippen LogP) is 1.38. The van der Waals surface area contributed by atoms with Crippen LogP contribution < -0.4 is 0 Å². The van der Waals surface area contributed by atoms with Crippen LogP contribution in [-0.4, -0.2) is 10.0 Å². The third-order valence-corrected chi connectivity index (χ3v) is 1.34. The van der Waals surface area contributed by atoms with Crippen molar-refractivity contribution in [2.45, 2.75) is 12.8 Å². The molecule has 0 fully saturated rings. The summed E-state index contributed by atoms with van der Waals surface area (Å²) < 4.78 is 0. The zero-order chi connectivity index (χ0) is 7.56.